The van der Waals surface area contributed by atoms with E-state index in [2.05, 4.69) is 33.9 Å². The minimum absolute atomic E-state index is 0.142. The molecule has 0 aliphatic carbocycles. The Bertz CT molecular complexity index is 347. The molecular weight excluding hydrogens is 192 g/mol. The van der Waals surface area contributed by atoms with Crippen LogP contribution in [-0.4, -0.2) is 32.5 Å². The lowest BCUT2D eigenvalue weighted by atomic mass is 10.2. The van der Waals surface area contributed by atoms with Crippen LogP contribution >= 0.6 is 0 Å². The molecule has 5 heteroatoms. The molecule has 2 heterocycles. The highest BCUT2D eigenvalue weighted by atomic mass is 16.3. The summed E-state index contributed by atoms with van der Waals surface area (Å²) < 4.78 is 2.12. The monoisotopic (exact) mass is 210 g/mol. The van der Waals surface area contributed by atoms with Crippen molar-refractivity contribution in [3.8, 4) is 0 Å². The lowest BCUT2D eigenvalue weighted by Crippen LogP contribution is -2.20. The Morgan fingerprint density at radius 1 is 1.47 bits per heavy atom. The Morgan fingerprint density at radius 3 is 2.73 bits per heavy atom. The van der Waals surface area contributed by atoms with E-state index >= 15 is 0 Å². The first kappa shape index (κ1) is 10.6. The van der Waals surface area contributed by atoms with E-state index in [0.717, 1.165) is 18.1 Å². The third-order valence-electron chi connectivity index (χ3n) is 2.83. The van der Waals surface area contributed by atoms with E-state index in [9.17, 15) is 5.11 Å². The van der Waals surface area contributed by atoms with Crippen molar-refractivity contribution in [2.45, 2.75) is 45.4 Å². The third-order valence-corrected chi connectivity index (χ3v) is 2.83. The van der Waals surface area contributed by atoms with Crippen LogP contribution in [0, 0.1) is 6.92 Å². The molecule has 0 radical (unpaired) electrons. The van der Waals surface area contributed by atoms with Gasteiger partial charge in [0.15, 0.2) is 5.82 Å². The van der Waals surface area contributed by atoms with Crippen LogP contribution in [0.15, 0.2) is 0 Å². The number of hydrogen-bond acceptors (Lipinski definition) is 4. The van der Waals surface area contributed by atoms with Gasteiger partial charge in [-0.15, -0.1) is 10.2 Å². The van der Waals surface area contributed by atoms with Gasteiger partial charge in [0.05, 0.1) is 12.1 Å². The summed E-state index contributed by atoms with van der Waals surface area (Å²) >= 11 is 0. The molecule has 2 rings (SSSR count). The van der Waals surface area contributed by atoms with Gasteiger partial charge in [-0.1, -0.05) is 0 Å². The highest BCUT2D eigenvalue weighted by Crippen LogP contribution is 2.24. The normalized spacial score (nSPS) is 26.5. The highest BCUT2D eigenvalue weighted by Gasteiger charge is 2.28. The number of aryl methyl sites for hydroxylation is 1. The topological polar surface area (TPSA) is 63.0 Å². The molecule has 1 aliphatic heterocycles. The molecule has 0 spiro atoms. The maximum atomic E-state index is 9.48. The molecule has 0 saturated carbocycles. The second-order valence-electron chi connectivity index (χ2n) is 4.42. The van der Waals surface area contributed by atoms with Gasteiger partial charge in [0.25, 0.3) is 0 Å². The minimum Gasteiger partial charge on any atom is -0.392 e. The van der Waals surface area contributed by atoms with Crippen LogP contribution < -0.4 is 5.32 Å². The van der Waals surface area contributed by atoms with Gasteiger partial charge in [-0.05, 0) is 27.2 Å². The summed E-state index contributed by atoms with van der Waals surface area (Å²) in [6, 6.07) is 0.498. The average molecular weight is 210 g/mol. The van der Waals surface area contributed by atoms with E-state index in [4.69, 9.17) is 0 Å². The van der Waals surface area contributed by atoms with Crippen LogP contribution in [0.25, 0.3) is 0 Å². The van der Waals surface area contributed by atoms with E-state index in [-0.39, 0.29) is 12.1 Å². The molecule has 5 nitrogen and oxygen atoms in total. The first-order valence-electron chi connectivity index (χ1n) is 5.42. The molecule has 0 bridgehead atoms. The quantitative estimate of drug-likeness (QED) is 0.749. The fourth-order valence-electron chi connectivity index (χ4n) is 2.18. The van der Waals surface area contributed by atoms with E-state index in [1.54, 1.807) is 0 Å². The summed E-state index contributed by atoms with van der Waals surface area (Å²) in [5.41, 5.74) is 0. The summed E-state index contributed by atoms with van der Waals surface area (Å²) in [4.78, 5) is 0. The van der Waals surface area contributed by atoms with Gasteiger partial charge in [0.1, 0.15) is 5.82 Å². The van der Waals surface area contributed by atoms with Gasteiger partial charge in [0.2, 0.25) is 0 Å². The SMILES string of the molecule is Cc1nnc([C@@H]2CC(O)CN2)n1C(C)C. The second kappa shape index (κ2) is 3.90. The summed E-state index contributed by atoms with van der Waals surface area (Å²) in [6.07, 6.45) is 0.470. The molecule has 0 amide bonds. The van der Waals surface area contributed by atoms with Crippen molar-refractivity contribution in [1.82, 2.24) is 20.1 Å². The van der Waals surface area contributed by atoms with Crippen molar-refractivity contribution in [2.24, 2.45) is 0 Å². The molecule has 84 valence electrons. The van der Waals surface area contributed by atoms with Crippen molar-refractivity contribution in [3.05, 3.63) is 11.6 Å². The number of β-amino-alcohol motifs (C(OH)–C–C–N with tert-alkyl or cyclic N) is 1. The van der Waals surface area contributed by atoms with Crippen molar-refractivity contribution < 1.29 is 5.11 Å². The number of hydrogen-bond donors (Lipinski definition) is 2. The average Bonchev–Trinajstić information content (AvgIpc) is 2.71. The number of nitrogens with zero attached hydrogens (tertiary/aromatic N) is 3. The standard InChI is InChI=1S/C10H18N4O/c1-6(2)14-7(3)12-13-10(14)9-4-8(15)5-11-9/h6,8-9,11,15H,4-5H2,1-3H3/t8?,9-/m0/s1. The van der Waals surface area contributed by atoms with E-state index in [1.165, 1.54) is 0 Å². The van der Waals surface area contributed by atoms with Crippen LogP contribution in [0.2, 0.25) is 0 Å². The van der Waals surface area contributed by atoms with Crippen LogP contribution in [-0.2, 0) is 0 Å². The lowest BCUT2D eigenvalue weighted by molar-refractivity contribution is 0.192. The zero-order chi connectivity index (χ0) is 11.0. The Kier molecular flexibility index (Phi) is 2.75. The number of aliphatic hydroxyl groups excluding tert-OH is 1. The maximum Gasteiger partial charge on any atom is 0.150 e. The van der Waals surface area contributed by atoms with Crippen LogP contribution in [0.5, 0.6) is 0 Å². The van der Waals surface area contributed by atoms with Gasteiger partial charge in [-0.25, -0.2) is 0 Å². The number of rotatable bonds is 2. The second-order valence-corrected chi connectivity index (χ2v) is 4.42. The molecule has 1 saturated heterocycles. The molecule has 1 aromatic heterocycles. The van der Waals surface area contributed by atoms with Crippen molar-refractivity contribution in [1.29, 1.82) is 0 Å². The first-order valence-corrected chi connectivity index (χ1v) is 5.42. The van der Waals surface area contributed by atoms with E-state index in [0.29, 0.717) is 12.6 Å². The zero-order valence-corrected chi connectivity index (χ0v) is 9.44. The third kappa shape index (κ3) is 1.89. The van der Waals surface area contributed by atoms with Gasteiger partial charge in [0, 0.05) is 12.6 Å². The molecule has 2 N–H and O–H groups in total. The molecular formula is C10H18N4O. The Labute approximate surface area is 89.5 Å². The summed E-state index contributed by atoms with van der Waals surface area (Å²) in [5, 5.41) is 21.0. The lowest BCUT2D eigenvalue weighted by Gasteiger charge is -2.16. The highest BCUT2D eigenvalue weighted by molar-refractivity contribution is 5.04. The van der Waals surface area contributed by atoms with Crippen molar-refractivity contribution in [2.75, 3.05) is 6.54 Å². The van der Waals surface area contributed by atoms with E-state index in [1.807, 2.05) is 6.92 Å². The van der Waals surface area contributed by atoms with Crippen LogP contribution in [0.3, 0.4) is 0 Å². The predicted molar refractivity (Wildman–Crippen MR) is 56.5 cm³/mol. The first-order chi connectivity index (χ1) is 7.09. The van der Waals surface area contributed by atoms with E-state index < -0.39 is 0 Å². The summed E-state index contributed by atoms with van der Waals surface area (Å²) in [6.45, 7) is 6.84. The molecule has 1 aromatic rings. The largest absolute Gasteiger partial charge is 0.392 e. The molecule has 2 atom stereocenters. The van der Waals surface area contributed by atoms with Gasteiger partial charge >= 0.3 is 0 Å². The van der Waals surface area contributed by atoms with Crippen molar-refractivity contribution in [3.63, 3.8) is 0 Å². The molecule has 1 fully saturated rings. The molecule has 15 heavy (non-hydrogen) atoms. The Morgan fingerprint density at radius 2 is 2.20 bits per heavy atom. The fraction of sp³-hybridized carbons (Fsp3) is 0.800. The number of aliphatic hydroxyl groups is 1. The smallest absolute Gasteiger partial charge is 0.150 e. The van der Waals surface area contributed by atoms with Gasteiger partial charge in [-0.3, -0.25) is 0 Å². The molecule has 1 aliphatic rings. The zero-order valence-electron chi connectivity index (χ0n) is 9.44. The fourth-order valence-corrected chi connectivity index (χ4v) is 2.18. The van der Waals surface area contributed by atoms with Gasteiger partial charge < -0.3 is 15.0 Å². The number of nitrogens with one attached hydrogen (secondary N) is 1. The van der Waals surface area contributed by atoms with Crippen molar-refractivity contribution >= 4 is 0 Å². The van der Waals surface area contributed by atoms with Crippen LogP contribution in [0.4, 0.5) is 0 Å². The Balaban J connectivity index is 2.28. The van der Waals surface area contributed by atoms with Gasteiger partial charge in [-0.2, -0.15) is 0 Å². The summed E-state index contributed by atoms with van der Waals surface area (Å²) in [7, 11) is 0. The minimum atomic E-state index is -0.257. The number of aromatic nitrogens is 3. The van der Waals surface area contributed by atoms with Crippen LogP contribution in [0.1, 0.15) is 44.0 Å². The molecule has 1 unspecified atom stereocenters. The Hall–Kier alpha value is -0.940. The predicted octanol–water partition coefficient (Wildman–Crippen LogP) is 0.563. The maximum absolute atomic E-state index is 9.48. The molecule has 0 aromatic carbocycles. The summed E-state index contributed by atoms with van der Waals surface area (Å²) in [5.74, 6) is 1.88.